The summed E-state index contributed by atoms with van der Waals surface area (Å²) < 4.78 is 5.66. The fourth-order valence-electron chi connectivity index (χ4n) is 3.09. The molecule has 114 valence electrons. The summed E-state index contributed by atoms with van der Waals surface area (Å²) in [4.78, 5) is 24.6. The third-order valence-electron chi connectivity index (χ3n) is 4.25. The van der Waals surface area contributed by atoms with Crippen molar-refractivity contribution in [2.24, 2.45) is 5.92 Å². The molecule has 0 bridgehead atoms. The second kappa shape index (κ2) is 6.92. The lowest BCUT2D eigenvalue weighted by molar-refractivity contribution is -0.142. The summed E-state index contributed by atoms with van der Waals surface area (Å²) in [7, 11) is 0. The van der Waals surface area contributed by atoms with Gasteiger partial charge in [-0.1, -0.05) is 19.8 Å². The molecule has 0 aromatic rings. The van der Waals surface area contributed by atoms with E-state index < -0.39 is 12.0 Å². The Morgan fingerprint density at radius 1 is 1.30 bits per heavy atom. The van der Waals surface area contributed by atoms with Crippen molar-refractivity contribution in [1.29, 1.82) is 0 Å². The van der Waals surface area contributed by atoms with E-state index in [1.54, 1.807) is 0 Å². The molecule has 6 heteroatoms. The molecule has 1 aliphatic carbocycles. The molecule has 2 amide bonds. The zero-order chi connectivity index (χ0) is 14.5. The van der Waals surface area contributed by atoms with Crippen molar-refractivity contribution in [2.75, 3.05) is 19.7 Å². The number of carboxylic acid groups (broad SMARTS) is 1. The number of ether oxygens (including phenoxy) is 1. The Kier molecular flexibility index (Phi) is 5.23. The van der Waals surface area contributed by atoms with Crippen LogP contribution in [0.2, 0.25) is 0 Å². The van der Waals surface area contributed by atoms with Crippen LogP contribution in [-0.4, -0.2) is 53.8 Å². The number of carboxylic acids is 1. The van der Waals surface area contributed by atoms with Crippen molar-refractivity contribution in [3.05, 3.63) is 0 Å². The van der Waals surface area contributed by atoms with Crippen LogP contribution in [0.4, 0.5) is 4.79 Å². The van der Waals surface area contributed by atoms with E-state index in [0.29, 0.717) is 25.8 Å². The minimum Gasteiger partial charge on any atom is -0.480 e. The molecule has 0 spiro atoms. The van der Waals surface area contributed by atoms with E-state index in [1.807, 2.05) is 6.92 Å². The Bertz CT molecular complexity index is 355. The van der Waals surface area contributed by atoms with Gasteiger partial charge in [0.15, 0.2) is 0 Å². The predicted molar refractivity (Wildman–Crippen MR) is 73.5 cm³/mol. The third-order valence-corrected chi connectivity index (χ3v) is 4.25. The van der Waals surface area contributed by atoms with Crippen LogP contribution in [0.25, 0.3) is 0 Å². The number of hydrogen-bond donors (Lipinski definition) is 2. The van der Waals surface area contributed by atoms with Gasteiger partial charge in [-0.3, -0.25) is 0 Å². The van der Waals surface area contributed by atoms with Crippen molar-refractivity contribution >= 4 is 12.0 Å². The van der Waals surface area contributed by atoms with Crippen LogP contribution in [-0.2, 0) is 9.53 Å². The van der Waals surface area contributed by atoms with Crippen LogP contribution in [0.1, 0.15) is 39.0 Å². The molecule has 2 aliphatic rings. The second-order valence-electron chi connectivity index (χ2n) is 5.75. The predicted octanol–water partition coefficient (Wildman–Crippen LogP) is 1.45. The molecule has 1 heterocycles. The largest absolute Gasteiger partial charge is 0.480 e. The number of carbonyl (C=O) groups excluding carboxylic acids is 1. The average Bonchev–Trinajstić information content (AvgIpc) is 3.03. The van der Waals surface area contributed by atoms with Crippen molar-refractivity contribution in [3.8, 4) is 0 Å². The monoisotopic (exact) mass is 284 g/mol. The summed E-state index contributed by atoms with van der Waals surface area (Å²) in [5.41, 5.74) is 0. The number of carbonyl (C=O) groups is 2. The van der Waals surface area contributed by atoms with Gasteiger partial charge in [0.25, 0.3) is 0 Å². The van der Waals surface area contributed by atoms with Gasteiger partial charge in [-0.15, -0.1) is 0 Å². The van der Waals surface area contributed by atoms with Gasteiger partial charge in [-0.25, -0.2) is 9.59 Å². The number of urea groups is 1. The maximum atomic E-state index is 12.0. The van der Waals surface area contributed by atoms with Crippen molar-refractivity contribution in [3.63, 3.8) is 0 Å². The quantitative estimate of drug-likeness (QED) is 0.749. The van der Waals surface area contributed by atoms with Gasteiger partial charge < -0.3 is 20.1 Å². The minimum absolute atomic E-state index is 0.00740. The first-order valence-electron chi connectivity index (χ1n) is 7.48. The summed E-state index contributed by atoms with van der Waals surface area (Å²) in [6, 6.07) is -0.998. The highest BCUT2D eigenvalue weighted by molar-refractivity contribution is 5.83. The summed E-state index contributed by atoms with van der Waals surface area (Å²) in [6.45, 7) is 3.31. The van der Waals surface area contributed by atoms with E-state index >= 15 is 0 Å². The molecular weight excluding hydrogens is 260 g/mol. The molecule has 0 radical (unpaired) electrons. The number of nitrogens with one attached hydrogen (secondary N) is 1. The standard InChI is InChI=1S/C14H24N2O4/c1-10-6-8-16(12(10)13(17)18)14(19)15-7-9-20-11-4-2-3-5-11/h10-12H,2-9H2,1H3,(H,15,19)(H,17,18). The molecule has 20 heavy (non-hydrogen) atoms. The molecule has 2 rings (SSSR count). The lowest BCUT2D eigenvalue weighted by Gasteiger charge is -2.23. The van der Waals surface area contributed by atoms with Gasteiger partial charge in [0.2, 0.25) is 0 Å². The summed E-state index contributed by atoms with van der Waals surface area (Å²) in [5.74, 6) is -0.916. The topological polar surface area (TPSA) is 78.9 Å². The van der Waals surface area contributed by atoms with Crippen molar-refractivity contribution in [2.45, 2.75) is 51.2 Å². The van der Waals surface area contributed by atoms with Gasteiger partial charge in [-0.05, 0) is 25.2 Å². The van der Waals surface area contributed by atoms with Crippen LogP contribution < -0.4 is 5.32 Å². The molecule has 2 fully saturated rings. The highest BCUT2D eigenvalue weighted by atomic mass is 16.5. The first-order chi connectivity index (χ1) is 9.59. The lowest BCUT2D eigenvalue weighted by atomic mass is 10.0. The number of aliphatic carboxylic acids is 1. The third kappa shape index (κ3) is 3.62. The number of nitrogens with zero attached hydrogens (tertiary/aromatic N) is 1. The molecular formula is C14H24N2O4. The van der Waals surface area contributed by atoms with Crippen LogP contribution in [0, 0.1) is 5.92 Å². The SMILES string of the molecule is CC1CCN(C(=O)NCCOC2CCCC2)C1C(=O)O. The molecule has 0 aromatic carbocycles. The minimum atomic E-state index is -0.924. The molecule has 2 atom stereocenters. The summed E-state index contributed by atoms with van der Waals surface area (Å²) in [5, 5.41) is 11.9. The Balaban J connectivity index is 1.69. The van der Waals surface area contributed by atoms with E-state index in [9.17, 15) is 14.7 Å². The Hall–Kier alpha value is -1.30. The maximum absolute atomic E-state index is 12.0. The van der Waals surface area contributed by atoms with Crippen LogP contribution >= 0.6 is 0 Å². The summed E-state index contributed by atoms with van der Waals surface area (Å²) in [6.07, 6.45) is 5.75. The first-order valence-corrected chi connectivity index (χ1v) is 7.48. The zero-order valence-electron chi connectivity index (χ0n) is 12.0. The van der Waals surface area contributed by atoms with Crippen molar-refractivity contribution in [1.82, 2.24) is 10.2 Å². The van der Waals surface area contributed by atoms with Crippen LogP contribution in [0.5, 0.6) is 0 Å². The average molecular weight is 284 g/mol. The van der Waals surface area contributed by atoms with Gasteiger partial charge in [0.1, 0.15) is 6.04 Å². The van der Waals surface area contributed by atoms with Gasteiger partial charge in [0.05, 0.1) is 12.7 Å². The Morgan fingerprint density at radius 2 is 2.00 bits per heavy atom. The van der Waals surface area contributed by atoms with Crippen LogP contribution in [0.15, 0.2) is 0 Å². The van der Waals surface area contributed by atoms with Gasteiger partial charge in [-0.2, -0.15) is 0 Å². The molecule has 6 nitrogen and oxygen atoms in total. The van der Waals surface area contributed by atoms with Crippen molar-refractivity contribution < 1.29 is 19.4 Å². The van der Waals surface area contributed by atoms with E-state index in [-0.39, 0.29) is 11.9 Å². The maximum Gasteiger partial charge on any atom is 0.326 e. The molecule has 2 N–H and O–H groups in total. The Morgan fingerprint density at radius 3 is 2.65 bits per heavy atom. The lowest BCUT2D eigenvalue weighted by Crippen LogP contribution is -2.48. The number of hydrogen-bond acceptors (Lipinski definition) is 3. The number of rotatable bonds is 5. The van der Waals surface area contributed by atoms with E-state index in [1.165, 1.54) is 17.7 Å². The van der Waals surface area contributed by atoms with Gasteiger partial charge >= 0.3 is 12.0 Å². The zero-order valence-corrected chi connectivity index (χ0v) is 12.0. The fraction of sp³-hybridized carbons (Fsp3) is 0.857. The highest BCUT2D eigenvalue weighted by Gasteiger charge is 2.39. The van der Waals surface area contributed by atoms with Gasteiger partial charge in [0, 0.05) is 13.1 Å². The van der Waals surface area contributed by atoms with E-state index in [4.69, 9.17) is 4.74 Å². The molecule has 0 aromatic heterocycles. The smallest absolute Gasteiger partial charge is 0.326 e. The summed E-state index contributed by atoms with van der Waals surface area (Å²) >= 11 is 0. The van der Waals surface area contributed by atoms with Crippen LogP contribution in [0.3, 0.4) is 0 Å². The Labute approximate surface area is 119 Å². The normalized spacial score (nSPS) is 26.9. The first kappa shape index (κ1) is 15.1. The molecule has 1 saturated heterocycles. The number of likely N-dealkylation sites (tertiary alicyclic amines) is 1. The second-order valence-corrected chi connectivity index (χ2v) is 5.75. The highest BCUT2D eigenvalue weighted by Crippen LogP contribution is 2.24. The fourth-order valence-corrected chi connectivity index (χ4v) is 3.09. The molecule has 1 aliphatic heterocycles. The molecule has 1 saturated carbocycles. The van der Waals surface area contributed by atoms with E-state index in [0.717, 1.165) is 19.3 Å². The number of amides is 2. The van der Waals surface area contributed by atoms with E-state index in [2.05, 4.69) is 5.32 Å². The molecule has 2 unspecified atom stereocenters.